The van der Waals surface area contributed by atoms with Crippen LogP contribution in [0.3, 0.4) is 0 Å². The third-order valence-corrected chi connectivity index (χ3v) is 4.68. The van der Waals surface area contributed by atoms with E-state index in [0.29, 0.717) is 0 Å². The Bertz CT molecular complexity index is 447. The summed E-state index contributed by atoms with van der Waals surface area (Å²) in [5.41, 5.74) is 3.94. The average molecular weight is 262 g/mol. The molecule has 2 aliphatic rings. The van der Waals surface area contributed by atoms with E-state index in [9.17, 15) is 0 Å². The number of nitrogens with one attached hydrogen (secondary N) is 1. The maximum Gasteiger partial charge on any atom is 0.0641 e. The first-order valence-electron chi connectivity index (χ1n) is 7.58. The standard InChI is InChI=1S/C15H26N4/c1-11-15(12(2)18(3)17-11)10-19-7-6-13(9-19)8-16-14-4-5-14/h13-14,16H,4-10H2,1-3H3. The predicted octanol–water partition coefficient (Wildman–Crippen LogP) is 1.61. The van der Waals surface area contributed by atoms with Crippen LogP contribution >= 0.6 is 0 Å². The van der Waals surface area contributed by atoms with Gasteiger partial charge in [0.2, 0.25) is 0 Å². The second kappa shape index (κ2) is 5.25. The number of aryl methyl sites for hydroxylation is 2. The van der Waals surface area contributed by atoms with E-state index in [0.717, 1.165) is 18.5 Å². The summed E-state index contributed by atoms with van der Waals surface area (Å²) >= 11 is 0. The summed E-state index contributed by atoms with van der Waals surface area (Å²) in [6, 6.07) is 0.844. The van der Waals surface area contributed by atoms with Gasteiger partial charge in [-0.2, -0.15) is 5.10 Å². The molecule has 1 aliphatic carbocycles. The van der Waals surface area contributed by atoms with Crippen molar-refractivity contribution in [2.45, 2.75) is 45.7 Å². The van der Waals surface area contributed by atoms with Gasteiger partial charge in [-0.3, -0.25) is 9.58 Å². The fraction of sp³-hybridized carbons (Fsp3) is 0.800. The highest BCUT2D eigenvalue weighted by atomic mass is 15.3. The van der Waals surface area contributed by atoms with E-state index >= 15 is 0 Å². The fourth-order valence-electron chi connectivity index (χ4n) is 3.11. The lowest BCUT2D eigenvalue weighted by Gasteiger charge is -2.16. The van der Waals surface area contributed by atoms with Gasteiger partial charge in [0.15, 0.2) is 0 Å². The van der Waals surface area contributed by atoms with Crippen LogP contribution in [0.1, 0.15) is 36.2 Å². The molecule has 2 heterocycles. The van der Waals surface area contributed by atoms with Crippen molar-refractivity contribution in [1.82, 2.24) is 20.0 Å². The molecule has 2 fully saturated rings. The second-order valence-electron chi connectivity index (χ2n) is 6.35. The smallest absolute Gasteiger partial charge is 0.0641 e. The number of aromatic nitrogens is 2. The molecule has 1 aromatic rings. The molecule has 0 spiro atoms. The van der Waals surface area contributed by atoms with Gasteiger partial charge in [0.05, 0.1) is 5.69 Å². The van der Waals surface area contributed by atoms with Crippen molar-refractivity contribution in [2.75, 3.05) is 19.6 Å². The van der Waals surface area contributed by atoms with Crippen LogP contribution < -0.4 is 5.32 Å². The van der Waals surface area contributed by atoms with Crippen LogP contribution in [0.2, 0.25) is 0 Å². The molecule has 1 N–H and O–H groups in total. The average Bonchev–Trinajstić information content (AvgIpc) is 3.06. The minimum atomic E-state index is 0.844. The molecule has 4 nitrogen and oxygen atoms in total. The highest BCUT2D eigenvalue weighted by Gasteiger charge is 2.27. The summed E-state index contributed by atoms with van der Waals surface area (Å²) in [7, 11) is 2.04. The predicted molar refractivity (Wildman–Crippen MR) is 77.1 cm³/mol. The monoisotopic (exact) mass is 262 g/mol. The van der Waals surface area contributed by atoms with Crippen molar-refractivity contribution >= 4 is 0 Å². The maximum atomic E-state index is 4.52. The van der Waals surface area contributed by atoms with Crippen molar-refractivity contribution in [2.24, 2.45) is 13.0 Å². The molecule has 0 bridgehead atoms. The number of rotatable bonds is 5. The first kappa shape index (κ1) is 13.1. The second-order valence-corrected chi connectivity index (χ2v) is 6.35. The lowest BCUT2D eigenvalue weighted by atomic mass is 10.1. The molecule has 4 heteroatoms. The van der Waals surface area contributed by atoms with Crippen molar-refractivity contribution in [3.05, 3.63) is 17.0 Å². The normalized spacial score (nSPS) is 24.3. The van der Waals surface area contributed by atoms with Crippen LogP contribution in [0.25, 0.3) is 0 Å². The molecule has 0 amide bonds. The Morgan fingerprint density at radius 2 is 2.05 bits per heavy atom. The molecule has 1 unspecified atom stereocenters. The van der Waals surface area contributed by atoms with E-state index in [1.54, 1.807) is 0 Å². The Hall–Kier alpha value is -0.870. The Balaban J connectivity index is 1.53. The van der Waals surface area contributed by atoms with Crippen molar-refractivity contribution in [1.29, 1.82) is 0 Å². The van der Waals surface area contributed by atoms with E-state index in [4.69, 9.17) is 0 Å². The molecule has 0 radical (unpaired) electrons. The van der Waals surface area contributed by atoms with Crippen LogP contribution in [-0.4, -0.2) is 40.4 Å². The van der Waals surface area contributed by atoms with Crippen molar-refractivity contribution < 1.29 is 0 Å². The summed E-state index contributed by atoms with van der Waals surface area (Å²) < 4.78 is 2.01. The molecule has 1 aromatic heterocycles. The molecule has 1 saturated heterocycles. The van der Waals surface area contributed by atoms with Crippen LogP contribution in [0.15, 0.2) is 0 Å². The van der Waals surface area contributed by atoms with Gasteiger partial charge < -0.3 is 5.32 Å². The zero-order valence-corrected chi connectivity index (χ0v) is 12.4. The zero-order valence-electron chi connectivity index (χ0n) is 12.4. The number of hydrogen-bond acceptors (Lipinski definition) is 3. The molecule has 19 heavy (non-hydrogen) atoms. The topological polar surface area (TPSA) is 33.1 Å². The third kappa shape index (κ3) is 3.00. The van der Waals surface area contributed by atoms with E-state index < -0.39 is 0 Å². The molecule has 106 valence electrons. The summed E-state index contributed by atoms with van der Waals surface area (Å²) in [5, 5.41) is 8.18. The Kier molecular flexibility index (Phi) is 3.63. The SMILES string of the molecule is Cc1nn(C)c(C)c1CN1CCC(CNC2CC2)C1. The first-order valence-corrected chi connectivity index (χ1v) is 7.58. The number of hydrogen-bond donors (Lipinski definition) is 1. The Labute approximate surface area is 116 Å². The Morgan fingerprint density at radius 3 is 2.68 bits per heavy atom. The fourth-order valence-corrected chi connectivity index (χ4v) is 3.11. The molecule has 0 aromatic carbocycles. The lowest BCUT2D eigenvalue weighted by Crippen LogP contribution is -2.27. The van der Waals surface area contributed by atoms with Gasteiger partial charge in [0.1, 0.15) is 0 Å². The molecular formula is C15H26N4. The van der Waals surface area contributed by atoms with Crippen molar-refractivity contribution in [3.8, 4) is 0 Å². The van der Waals surface area contributed by atoms with Crippen LogP contribution in [0.5, 0.6) is 0 Å². The van der Waals surface area contributed by atoms with Crippen LogP contribution in [0, 0.1) is 19.8 Å². The molecule has 3 rings (SSSR count). The van der Waals surface area contributed by atoms with Crippen LogP contribution in [-0.2, 0) is 13.6 Å². The van der Waals surface area contributed by atoms with Gasteiger partial charge in [-0.15, -0.1) is 0 Å². The van der Waals surface area contributed by atoms with E-state index in [2.05, 4.69) is 29.2 Å². The third-order valence-electron chi connectivity index (χ3n) is 4.68. The largest absolute Gasteiger partial charge is 0.314 e. The van der Waals surface area contributed by atoms with Crippen LogP contribution in [0.4, 0.5) is 0 Å². The van der Waals surface area contributed by atoms with Gasteiger partial charge in [-0.25, -0.2) is 0 Å². The molecule has 1 atom stereocenters. The van der Waals surface area contributed by atoms with E-state index in [1.165, 1.54) is 55.8 Å². The molecular weight excluding hydrogens is 236 g/mol. The van der Waals surface area contributed by atoms with Gasteiger partial charge >= 0.3 is 0 Å². The highest BCUT2D eigenvalue weighted by Crippen LogP contribution is 2.23. The maximum absolute atomic E-state index is 4.52. The summed E-state index contributed by atoms with van der Waals surface area (Å²) in [6.07, 6.45) is 4.13. The minimum Gasteiger partial charge on any atom is -0.314 e. The van der Waals surface area contributed by atoms with Gasteiger partial charge in [0.25, 0.3) is 0 Å². The molecule has 1 aliphatic heterocycles. The zero-order chi connectivity index (χ0) is 13.4. The Morgan fingerprint density at radius 1 is 1.26 bits per heavy atom. The minimum absolute atomic E-state index is 0.844. The first-order chi connectivity index (χ1) is 9.13. The summed E-state index contributed by atoms with van der Waals surface area (Å²) in [4.78, 5) is 2.59. The summed E-state index contributed by atoms with van der Waals surface area (Å²) in [6.45, 7) is 9.08. The van der Waals surface area contributed by atoms with Gasteiger partial charge in [0, 0.05) is 37.4 Å². The quantitative estimate of drug-likeness (QED) is 0.875. The van der Waals surface area contributed by atoms with E-state index in [-0.39, 0.29) is 0 Å². The number of likely N-dealkylation sites (tertiary alicyclic amines) is 1. The summed E-state index contributed by atoms with van der Waals surface area (Å²) in [5.74, 6) is 0.845. The lowest BCUT2D eigenvalue weighted by molar-refractivity contribution is 0.313. The van der Waals surface area contributed by atoms with Gasteiger partial charge in [-0.1, -0.05) is 0 Å². The van der Waals surface area contributed by atoms with E-state index in [1.807, 2.05) is 11.7 Å². The number of nitrogens with zero attached hydrogens (tertiary/aromatic N) is 3. The highest BCUT2D eigenvalue weighted by molar-refractivity contribution is 5.24. The molecule has 1 saturated carbocycles. The van der Waals surface area contributed by atoms with Crippen molar-refractivity contribution in [3.63, 3.8) is 0 Å². The van der Waals surface area contributed by atoms with Gasteiger partial charge in [-0.05, 0) is 52.1 Å².